The van der Waals surface area contributed by atoms with Crippen LogP contribution in [0.1, 0.15) is 43.7 Å². The number of carbonyl (C=O) groups excluding carboxylic acids is 1. The van der Waals surface area contributed by atoms with E-state index >= 15 is 0 Å². The van der Waals surface area contributed by atoms with E-state index in [1.807, 2.05) is 0 Å². The van der Waals surface area contributed by atoms with Crippen molar-refractivity contribution in [3.8, 4) is 0 Å². The number of aliphatic hydroxyl groups is 1. The molecule has 2 fully saturated rings. The third-order valence-corrected chi connectivity index (χ3v) is 6.78. The van der Waals surface area contributed by atoms with Crippen molar-refractivity contribution in [2.45, 2.75) is 43.7 Å². The van der Waals surface area contributed by atoms with Gasteiger partial charge >= 0.3 is 0 Å². The van der Waals surface area contributed by atoms with E-state index in [4.69, 9.17) is 11.6 Å². The van der Waals surface area contributed by atoms with E-state index in [-0.39, 0.29) is 23.7 Å². The minimum Gasteiger partial charge on any atom is -0.389 e. The fourth-order valence-electron chi connectivity index (χ4n) is 5.13. The molecule has 4 nitrogen and oxygen atoms in total. The van der Waals surface area contributed by atoms with Crippen molar-refractivity contribution < 1.29 is 19.2 Å². The average Bonchev–Trinajstić information content (AvgIpc) is 2.70. The van der Waals surface area contributed by atoms with Crippen molar-refractivity contribution in [2.75, 3.05) is 18.4 Å². The van der Waals surface area contributed by atoms with Gasteiger partial charge in [-0.15, -0.1) is 0 Å². The predicted molar refractivity (Wildman–Crippen MR) is 111 cm³/mol. The smallest absolute Gasteiger partial charge is 0.279 e. The summed E-state index contributed by atoms with van der Waals surface area (Å²) in [6.07, 6.45) is 4.55. The van der Waals surface area contributed by atoms with Crippen LogP contribution in [0.3, 0.4) is 0 Å². The van der Waals surface area contributed by atoms with E-state index in [9.17, 15) is 14.3 Å². The van der Waals surface area contributed by atoms with Gasteiger partial charge < -0.3 is 15.3 Å². The first-order chi connectivity index (χ1) is 13.9. The van der Waals surface area contributed by atoms with E-state index in [2.05, 4.69) is 5.32 Å². The molecule has 1 aliphatic carbocycles. The third-order valence-electron chi connectivity index (χ3n) is 6.53. The van der Waals surface area contributed by atoms with Crippen LogP contribution in [-0.2, 0) is 4.79 Å². The van der Waals surface area contributed by atoms with Gasteiger partial charge in [0.1, 0.15) is 11.9 Å². The van der Waals surface area contributed by atoms with Crippen LogP contribution in [0, 0.1) is 11.7 Å². The number of nitrogens with one attached hydrogen (secondary N) is 2. The van der Waals surface area contributed by atoms with Crippen LogP contribution in [0.5, 0.6) is 0 Å². The maximum absolute atomic E-state index is 13.5. The molecule has 1 unspecified atom stereocenters. The summed E-state index contributed by atoms with van der Waals surface area (Å²) >= 11 is 5.91. The van der Waals surface area contributed by atoms with Gasteiger partial charge in [-0.05, 0) is 49.2 Å². The highest BCUT2D eigenvalue weighted by Crippen LogP contribution is 2.44. The quantitative estimate of drug-likeness (QED) is 0.714. The van der Waals surface area contributed by atoms with Gasteiger partial charge in [0.05, 0.1) is 12.1 Å². The number of quaternary nitrogens is 1. The Balaban J connectivity index is 1.56. The number of rotatable bonds is 4. The van der Waals surface area contributed by atoms with Crippen LogP contribution in [0.15, 0.2) is 48.5 Å². The zero-order chi connectivity index (χ0) is 20.4. The number of hydrogen-bond acceptors (Lipinski definition) is 2. The normalized spacial score (nSPS) is 29.1. The van der Waals surface area contributed by atoms with Crippen LogP contribution in [-0.4, -0.2) is 29.7 Å². The van der Waals surface area contributed by atoms with E-state index in [0.717, 1.165) is 36.1 Å². The van der Waals surface area contributed by atoms with Gasteiger partial charge in [0.15, 0.2) is 6.54 Å². The molecule has 1 saturated heterocycles. The third kappa shape index (κ3) is 4.47. The van der Waals surface area contributed by atoms with E-state index in [1.54, 1.807) is 36.4 Å². The Morgan fingerprint density at radius 2 is 1.86 bits per heavy atom. The monoisotopic (exact) mass is 417 g/mol. The number of amides is 1. The molecule has 1 aliphatic heterocycles. The number of benzene rings is 2. The second-order valence-corrected chi connectivity index (χ2v) is 8.81. The lowest BCUT2D eigenvalue weighted by molar-refractivity contribution is -0.937. The lowest BCUT2D eigenvalue weighted by Crippen LogP contribution is -3.16. The molecule has 4 atom stereocenters. The number of anilines is 1. The molecule has 1 amide bonds. The Hall–Kier alpha value is -1.95. The lowest BCUT2D eigenvalue weighted by Gasteiger charge is -2.50. The molecule has 6 heteroatoms. The number of carbonyl (C=O) groups is 1. The Morgan fingerprint density at radius 1 is 1.14 bits per heavy atom. The maximum atomic E-state index is 13.5. The standard InChI is InChI=1S/C23H26ClFN2O2/c24-17-6-10-19(11-7-17)26-21(28)15-27-14-13-23(29)12-2-1-3-20(23)22(27)16-4-8-18(25)9-5-16/h4-11,20,22,29H,1-3,12-15H2,(H,26,28)/p+1/t20-,22+,23-/m0/s1. The Kier molecular flexibility index (Phi) is 5.91. The van der Waals surface area contributed by atoms with Crippen molar-refractivity contribution in [2.24, 2.45) is 5.92 Å². The summed E-state index contributed by atoms with van der Waals surface area (Å²) in [5.41, 5.74) is 1.02. The molecule has 0 aromatic heterocycles. The van der Waals surface area contributed by atoms with Crippen LogP contribution in [0.2, 0.25) is 5.02 Å². The molecule has 1 heterocycles. The first-order valence-corrected chi connectivity index (χ1v) is 10.7. The molecule has 0 spiro atoms. The molecular weight excluding hydrogens is 391 g/mol. The summed E-state index contributed by atoms with van der Waals surface area (Å²) in [6, 6.07) is 13.6. The molecule has 2 aromatic carbocycles. The molecule has 154 valence electrons. The molecule has 4 rings (SSSR count). The van der Waals surface area contributed by atoms with Crippen molar-refractivity contribution in [3.63, 3.8) is 0 Å². The Morgan fingerprint density at radius 3 is 2.59 bits per heavy atom. The van der Waals surface area contributed by atoms with Gasteiger partial charge in [0, 0.05) is 28.6 Å². The highest BCUT2D eigenvalue weighted by Gasteiger charge is 2.51. The van der Waals surface area contributed by atoms with Gasteiger partial charge in [0.2, 0.25) is 0 Å². The summed E-state index contributed by atoms with van der Waals surface area (Å²) in [5.74, 6) is -0.269. The molecule has 1 saturated carbocycles. The van der Waals surface area contributed by atoms with E-state index < -0.39 is 5.60 Å². The molecule has 2 aromatic rings. The number of likely N-dealkylation sites (tertiary alicyclic amines) is 1. The molecular formula is C23H27ClFN2O2+. The van der Waals surface area contributed by atoms with E-state index in [1.165, 1.54) is 12.1 Å². The van der Waals surface area contributed by atoms with Crippen LogP contribution >= 0.6 is 11.6 Å². The van der Waals surface area contributed by atoms with Crippen LogP contribution in [0.25, 0.3) is 0 Å². The summed E-state index contributed by atoms with van der Waals surface area (Å²) in [6.45, 7) is 1.01. The minimum absolute atomic E-state index is 0.0226. The second-order valence-electron chi connectivity index (χ2n) is 8.38. The molecule has 2 aliphatic rings. The Bertz CT molecular complexity index is 858. The average molecular weight is 418 g/mol. The highest BCUT2D eigenvalue weighted by atomic mass is 35.5. The van der Waals surface area contributed by atoms with Gasteiger partial charge in [-0.3, -0.25) is 4.79 Å². The van der Waals surface area contributed by atoms with Gasteiger partial charge in [0.25, 0.3) is 5.91 Å². The zero-order valence-electron chi connectivity index (χ0n) is 16.3. The second kappa shape index (κ2) is 8.42. The highest BCUT2D eigenvalue weighted by molar-refractivity contribution is 6.30. The number of piperidine rings is 1. The van der Waals surface area contributed by atoms with E-state index in [0.29, 0.717) is 30.2 Å². The number of hydrogen-bond donors (Lipinski definition) is 3. The SMILES string of the molecule is O=C(C[NH+]1CC[C@@]2(O)CCCC[C@H]2[C@H]1c1ccc(F)cc1)Nc1ccc(Cl)cc1. The fourth-order valence-corrected chi connectivity index (χ4v) is 5.26. The zero-order valence-corrected chi connectivity index (χ0v) is 17.1. The first-order valence-electron chi connectivity index (χ1n) is 10.3. The fraction of sp³-hybridized carbons (Fsp3) is 0.435. The Labute approximate surface area is 175 Å². The molecule has 29 heavy (non-hydrogen) atoms. The van der Waals surface area contributed by atoms with Crippen molar-refractivity contribution in [1.29, 1.82) is 0 Å². The topological polar surface area (TPSA) is 53.8 Å². The predicted octanol–water partition coefficient (Wildman–Crippen LogP) is 3.37. The first kappa shape index (κ1) is 20.3. The summed E-state index contributed by atoms with van der Waals surface area (Å²) < 4.78 is 13.5. The van der Waals surface area contributed by atoms with Gasteiger partial charge in [-0.2, -0.15) is 0 Å². The van der Waals surface area contributed by atoms with Crippen molar-refractivity contribution in [3.05, 3.63) is 64.9 Å². The van der Waals surface area contributed by atoms with Crippen LogP contribution in [0.4, 0.5) is 10.1 Å². The number of halogens is 2. The van der Waals surface area contributed by atoms with Crippen molar-refractivity contribution >= 4 is 23.2 Å². The van der Waals surface area contributed by atoms with Gasteiger partial charge in [-0.1, -0.05) is 36.6 Å². The summed E-state index contributed by atoms with van der Waals surface area (Å²) in [7, 11) is 0. The number of fused-ring (bicyclic) bond motifs is 1. The minimum atomic E-state index is -0.687. The summed E-state index contributed by atoms with van der Waals surface area (Å²) in [4.78, 5) is 13.9. The summed E-state index contributed by atoms with van der Waals surface area (Å²) in [5, 5.41) is 14.9. The van der Waals surface area contributed by atoms with Crippen molar-refractivity contribution in [1.82, 2.24) is 0 Å². The maximum Gasteiger partial charge on any atom is 0.279 e. The molecule has 0 bridgehead atoms. The molecule has 0 radical (unpaired) electrons. The molecule has 3 N–H and O–H groups in total. The van der Waals surface area contributed by atoms with Crippen LogP contribution < -0.4 is 10.2 Å². The lowest BCUT2D eigenvalue weighted by atomic mass is 9.66. The van der Waals surface area contributed by atoms with Gasteiger partial charge in [-0.25, -0.2) is 4.39 Å². The largest absolute Gasteiger partial charge is 0.389 e.